The highest BCUT2D eigenvalue weighted by atomic mass is 35.5. The van der Waals surface area contributed by atoms with Crippen molar-refractivity contribution in [1.29, 1.82) is 0 Å². The fourth-order valence-electron chi connectivity index (χ4n) is 2.71. The lowest BCUT2D eigenvalue weighted by Gasteiger charge is -2.35. The molecule has 23 heavy (non-hydrogen) atoms. The molecule has 0 aliphatic carbocycles. The number of halogens is 2. The summed E-state index contributed by atoms with van der Waals surface area (Å²) in [5.41, 5.74) is 2.43. The Morgan fingerprint density at radius 2 is 1.78 bits per heavy atom. The van der Waals surface area contributed by atoms with Crippen LogP contribution >= 0.6 is 24.8 Å². The number of ether oxygens (including phenoxy) is 1. The van der Waals surface area contributed by atoms with Crippen molar-refractivity contribution >= 4 is 30.8 Å². The van der Waals surface area contributed by atoms with Gasteiger partial charge in [0.05, 0.1) is 0 Å². The minimum atomic E-state index is -0.289. The van der Waals surface area contributed by atoms with E-state index in [-0.39, 0.29) is 30.8 Å². The summed E-state index contributed by atoms with van der Waals surface area (Å²) < 4.78 is 5.10. The number of benzene rings is 1. The first-order valence-corrected chi connectivity index (χ1v) is 7.44. The Bertz CT molecular complexity index is 500. The Hall–Kier alpha value is -1.07. The summed E-state index contributed by atoms with van der Waals surface area (Å²) in [6.45, 7) is 11.7. The molecule has 1 atom stereocenters. The largest absolute Gasteiger partial charge is 0.427 e. The number of piperazine rings is 1. The first-order chi connectivity index (χ1) is 10.1. The van der Waals surface area contributed by atoms with Crippen LogP contribution in [0.1, 0.15) is 31.9 Å². The van der Waals surface area contributed by atoms with Crippen molar-refractivity contribution in [2.24, 2.45) is 0 Å². The highest BCUT2D eigenvalue weighted by Crippen LogP contribution is 2.28. The number of carbonyl (C=O) groups is 1. The summed E-state index contributed by atoms with van der Waals surface area (Å²) in [7, 11) is 0. The van der Waals surface area contributed by atoms with E-state index in [2.05, 4.69) is 23.7 Å². The summed E-state index contributed by atoms with van der Waals surface area (Å²) in [6.07, 6.45) is 0.951. The Morgan fingerprint density at radius 3 is 2.26 bits per heavy atom. The smallest absolute Gasteiger partial charge is 0.308 e. The molecule has 0 saturated carbocycles. The van der Waals surface area contributed by atoms with Gasteiger partial charge in [0.15, 0.2) is 0 Å². The molecule has 1 aromatic rings. The van der Waals surface area contributed by atoms with Crippen LogP contribution in [0.15, 0.2) is 36.4 Å². The molecule has 0 spiro atoms. The van der Waals surface area contributed by atoms with Crippen LogP contribution in [0.5, 0.6) is 5.75 Å². The standard InChI is InChI=1S/C17H24N2O2.2ClH/c1-13(2)12-17(19-10-8-18-9-11-19)15-4-6-16(7-5-15)21-14(3)20;;/h4-7,17-18H,1,8-12H2,2-3H3;2*1H/t17-;;/m1../s1. The van der Waals surface area contributed by atoms with Crippen LogP contribution in [0.3, 0.4) is 0 Å². The number of hydrogen-bond donors (Lipinski definition) is 1. The Labute approximate surface area is 151 Å². The molecule has 4 nitrogen and oxygen atoms in total. The van der Waals surface area contributed by atoms with Crippen molar-refractivity contribution < 1.29 is 9.53 Å². The molecule has 0 bridgehead atoms. The van der Waals surface area contributed by atoms with E-state index in [0.717, 1.165) is 32.6 Å². The lowest BCUT2D eigenvalue weighted by Crippen LogP contribution is -2.45. The topological polar surface area (TPSA) is 41.6 Å². The molecule has 1 aliphatic rings. The molecule has 6 heteroatoms. The molecule has 1 N–H and O–H groups in total. The van der Waals surface area contributed by atoms with Crippen molar-refractivity contribution in [2.75, 3.05) is 26.2 Å². The van der Waals surface area contributed by atoms with Gasteiger partial charge in [0.1, 0.15) is 5.75 Å². The zero-order chi connectivity index (χ0) is 15.2. The Morgan fingerprint density at radius 1 is 1.22 bits per heavy atom. The van der Waals surface area contributed by atoms with Gasteiger partial charge in [0.25, 0.3) is 0 Å². The van der Waals surface area contributed by atoms with Gasteiger partial charge in [0, 0.05) is 39.1 Å². The van der Waals surface area contributed by atoms with Crippen LogP contribution in [0.4, 0.5) is 0 Å². The van der Waals surface area contributed by atoms with E-state index in [1.54, 1.807) is 0 Å². The van der Waals surface area contributed by atoms with Crippen LogP contribution in [0, 0.1) is 0 Å². The van der Waals surface area contributed by atoms with E-state index in [1.165, 1.54) is 18.1 Å². The molecule has 1 aromatic carbocycles. The average Bonchev–Trinajstić information content (AvgIpc) is 2.46. The number of carbonyl (C=O) groups excluding carboxylic acids is 1. The zero-order valence-electron chi connectivity index (χ0n) is 13.7. The second kappa shape index (κ2) is 10.7. The predicted octanol–water partition coefficient (Wildman–Crippen LogP) is 3.37. The fraction of sp³-hybridized carbons (Fsp3) is 0.471. The van der Waals surface area contributed by atoms with Crippen LogP contribution in [0.25, 0.3) is 0 Å². The van der Waals surface area contributed by atoms with Gasteiger partial charge >= 0.3 is 5.97 Å². The highest BCUT2D eigenvalue weighted by Gasteiger charge is 2.22. The SMILES string of the molecule is C=C(C)C[C@H](c1ccc(OC(C)=O)cc1)N1CCNCC1.Cl.Cl. The van der Waals surface area contributed by atoms with Gasteiger partial charge in [-0.1, -0.05) is 17.7 Å². The maximum absolute atomic E-state index is 11.0. The monoisotopic (exact) mass is 360 g/mol. The van der Waals surface area contributed by atoms with Crippen LogP contribution < -0.4 is 10.1 Å². The van der Waals surface area contributed by atoms with Gasteiger partial charge in [-0.3, -0.25) is 9.69 Å². The fourth-order valence-corrected chi connectivity index (χ4v) is 2.71. The van der Waals surface area contributed by atoms with Crippen LogP contribution in [0.2, 0.25) is 0 Å². The third kappa shape index (κ3) is 6.92. The number of esters is 1. The van der Waals surface area contributed by atoms with Gasteiger partial charge in [-0.05, 0) is 31.0 Å². The van der Waals surface area contributed by atoms with Crippen molar-refractivity contribution in [1.82, 2.24) is 10.2 Å². The molecule has 1 fully saturated rings. The maximum Gasteiger partial charge on any atom is 0.308 e. The van der Waals surface area contributed by atoms with Gasteiger partial charge < -0.3 is 10.1 Å². The molecule has 0 unspecified atom stereocenters. The summed E-state index contributed by atoms with van der Waals surface area (Å²) >= 11 is 0. The average molecular weight is 361 g/mol. The van der Waals surface area contributed by atoms with Crippen molar-refractivity contribution in [3.8, 4) is 5.75 Å². The second-order valence-corrected chi connectivity index (χ2v) is 5.63. The van der Waals surface area contributed by atoms with Gasteiger partial charge in [-0.15, -0.1) is 31.4 Å². The number of nitrogens with one attached hydrogen (secondary N) is 1. The van der Waals surface area contributed by atoms with Crippen molar-refractivity contribution in [3.05, 3.63) is 42.0 Å². The van der Waals surface area contributed by atoms with E-state index in [4.69, 9.17) is 4.74 Å². The quantitative estimate of drug-likeness (QED) is 0.496. The molecule has 130 valence electrons. The molecule has 0 amide bonds. The van der Waals surface area contributed by atoms with E-state index < -0.39 is 0 Å². The molecule has 0 aromatic heterocycles. The van der Waals surface area contributed by atoms with Crippen molar-refractivity contribution in [2.45, 2.75) is 26.3 Å². The highest BCUT2D eigenvalue weighted by molar-refractivity contribution is 5.85. The summed E-state index contributed by atoms with van der Waals surface area (Å²) in [5.74, 6) is 0.309. The van der Waals surface area contributed by atoms with E-state index >= 15 is 0 Å². The molecule has 2 rings (SSSR count). The molecule has 1 saturated heterocycles. The van der Waals surface area contributed by atoms with Crippen molar-refractivity contribution in [3.63, 3.8) is 0 Å². The third-order valence-electron chi connectivity index (χ3n) is 3.66. The summed E-state index contributed by atoms with van der Waals surface area (Å²) in [4.78, 5) is 13.5. The van der Waals surface area contributed by atoms with Gasteiger partial charge in [-0.2, -0.15) is 0 Å². The van der Waals surface area contributed by atoms with E-state index in [0.29, 0.717) is 11.8 Å². The number of rotatable bonds is 5. The minimum Gasteiger partial charge on any atom is -0.427 e. The van der Waals surface area contributed by atoms with Gasteiger partial charge in [0.2, 0.25) is 0 Å². The van der Waals surface area contributed by atoms with E-state index in [9.17, 15) is 4.79 Å². The lowest BCUT2D eigenvalue weighted by molar-refractivity contribution is -0.131. The van der Waals surface area contributed by atoms with Gasteiger partial charge in [-0.25, -0.2) is 0 Å². The third-order valence-corrected chi connectivity index (χ3v) is 3.66. The minimum absolute atomic E-state index is 0. The molecule has 1 aliphatic heterocycles. The lowest BCUT2D eigenvalue weighted by atomic mass is 9.98. The number of hydrogen-bond acceptors (Lipinski definition) is 4. The van der Waals surface area contributed by atoms with Crippen LogP contribution in [-0.4, -0.2) is 37.0 Å². The number of nitrogens with zero attached hydrogens (tertiary/aromatic N) is 1. The van der Waals surface area contributed by atoms with E-state index in [1.807, 2.05) is 24.3 Å². The molecular weight excluding hydrogens is 335 g/mol. The summed E-state index contributed by atoms with van der Waals surface area (Å²) in [5, 5.41) is 3.38. The Kier molecular flexibility index (Phi) is 10.2. The first-order valence-electron chi connectivity index (χ1n) is 7.44. The molecular formula is C17H26Cl2N2O2. The predicted molar refractivity (Wildman–Crippen MR) is 98.9 cm³/mol. The summed E-state index contributed by atoms with van der Waals surface area (Å²) in [6, 6.07) is 8.17. The maximum atomic E-state index is 11.0. The van der Waals surface area contributed by atoms with Crippen LogP contribution in [-0.2, 0) is 4.79 Å². The zero-order valence-corrected chi connectivity index (χ0v) is 15.3. The Balaban J connectivity index is 0.00000242. The first kappa shape index (κ1) is 21.9. The molecule has 0 radical (unpaired) electrons. The molecule has 1 heterocycles. The second-order valence-electron chi connectivity index (χ2n) is 5.63. The normalized spacial score (nSPS) is 15.7.